The molecule has 1 N–H and O–H groups in total. The lowest BCUT2D eigenvalue weighted by Gasteiger charge is -2.32. The van der Waals surface area contributed by atoms with Gasteiger partial charge < -0.3 is 4.90 Å². The predicted octanol–water partition coefficient (Wildman–Crippen LogP) is 1.16. The number of carbonyl (C=O) groups is 1. The second-order valence-corrected chi connectivity index (χ2v) is 7.38. The summed E-state index contributed by atoms with van der Waals surface area (Å²) in [5.74, 6) is 0.207. The molecule has 1 aliphatic rings. The molecule has 1 aliphatic heterocycles. The molecule has 1 fully saturated rings. The number of nitrogens with zero attached hydrogens (tertiary/aromatic N) is 1. The van der Waals surface area contributed by atoms with E-state index in [1.165, 1.54) is 0 Å². The highest BCUT2D eigenvalue weighted by Crippen LogP contribution is 2.13. The SMILES string of the molecule is CCS(=O)(=O)NC1CCN(C(=O)Cc2ccccc2)CC1. The topological polar surface area (TPSA) is 66.5 Å². The van der Waals surface area contributed by atoms with Gasteiger partial charge in [0.05, 0.1) is 12.2 Å². The molecule has 0 saturated carbocycles. The fraction of sp³-hybridized carbons (Fsp3) is 0.533. The number of hydrogen-bond acceptors (Lipinski definition) is 3. The first kappa shape index (κ1) is 16.0. The van der Waals surface area contributed by atoms with Gasteiger partial charge in [-0.25, -0.2) is 13.1 Å². The number of amides is 1. The maximum Gasteiger partial charge on any atom is 0.226 e. The zero-order chi connectivity index (χ0) is 15.3. The molecule has 1 aromatic carbocycles. The van der Waals surface area contributed by atoms with Crippen LogP contribution in [0.3, 0.4) is 0 Å². The Balaban J connectivity index is 1.82. The van der Waals surface area contributed by atoms with Gasteiger partial charge in [-0.2, -0.15) is 0 Å². The molecule has 1 amide bonds. The molecule has 0 spiro atoms. The van der Waals surface area contributed by atoms with E-state index >= 15 is 0 Å². The first-order valence-corrected chi connectivity index (χ1v) is 8.97. The first-order valence-electron chi connectivity index (χ1n) is 7.32. The minimum atomic E-state index is -3.16. The van der Waals surface area contributed by atoms with Crippen LogP contribution in [0.4, 0.5) is 0 Å². The van der Waals surface area contributed by atoms with Crippen molar-refractivity contribution in [3.8, 4) is 0 Å². The maximum atomic E-state index is 12.2. The second-order valence-electron chi connectivity index (χ2n) is 5.34. The number of hydrogen-bond donors (Lipinski definition) is 1. The summed E-state index contributed by atoms with van der Waals surface area (Å²) in [7, 11) is -3.16. The molecule has 0 aliphatic carbocycles. The Labute approximate surface area is 126 Å². The van der Waals surface area contributed by atoms with Crippen LogP contribution >= 0.6 is 0 Å². The average molecular weight is 310 g/mol. The predicted molar refractivity (Wildman–Crippen MR) is 82.3 cm³/mol. The largest absolute Gasteiger partial charge is 0.342 e. The molecule has 0 bridgehead atoms. The molecule has 116 valence electrons. The highest BCUT2D eigenvalue weighted by atomic mass is 32.2. The van der Waals surface area contributed by atoms with Gasteiger partial charge in [0, 0.05) is 19.1 Å². The van der Waals surface area contributed by atoms with Crippen LogP contribution in [0.2, 0.25) is 0 Å². The lowest BCUT2D eigenvalue weighted by Crippen LogP contribution is -2.47. The smallest absolute Gasteiger partial charge is 0.226 e. The Kier molecular flexibility index (Phi) is 5.36. The highest BCUT2D eigenvalue weighted by molar-refractivity contribution is 7.89. The molecule has 1 saturated heterocycles. The number of carbonyl (C=O) groups excluding carboxylic acids is 1. The quantitative estimate of drug-likeness (QED) is 0.887. The average Bonchev–Trinajstić information content (AvgIpc) is 2.48. The van der Waals surface area contributed by atoms with Crippen molar-refractivity contribution >= 4 is 15.9 Å². The molecular formula is C15H22N2O3S. The van der Waals surface area contributed by atoms with Crippen molar-refractivity contribution in [3.63, 3.8) is 0 Å². The van der Waals surface area contributed by atoms with Gasteiger partial charge in [-0.05, 0) is 25.3 Å². The van der Waals surface area contributed by atoms with E-state index < -0.39 is 10.0 Å². The van der Waals surface area contributed by atoms with Crippen molar-refractivity contribution in [3.05, 3.63) is 35.9 Å². The molecule has 1 aromatic rings. The third-order valence-corrected chi connectivity index (χ3v) is 5.22. The van der Waals surface area contributed by atoms with Crippen LogP contribution in [0.1, 0.15) is 25.3 Å². The summed E-state index contributed by atoms with van der Waals surface area (Å²) < 4.78 is 25.8. The van der Waals surface area contributed by atoms with E-state index in [9.17, 15) is 13.2 Å². The number of likely N-dealkylation sites (tertiary alicyclic amines) is 1. The van der Waals surface area contributed by atoms with Gasteiger partial charge in [-0.15, -0.1) is 0 Å². The number of nitrogens with one attached hydrogen (secondary N) is 1. The molecule has 6 heteroatoms. The van der Waals surface area contributed by atoms with Crippen LogP contribution in [0.15, 0.2) is 30.3 Å². The molecule has 0 unspecified atom stereocenters. The van der Waals surface area contributed by atoms with Crippen LogP contribution in [-0.4, -0.2) is 44.1 Å². The summed E-state index contributed by atoms with van der Waals surface area (Å²) in [5.41, 5.74) is 1.01. The number of piperidine rings is 1. The van der Waals surface area contributed by atoms with Gasteiger partial charge in [-0.1, -0.05) is 30.3 Å². The van der Waals surface area contributed by atoms with Crippen molar-refractivity contribution in [1.29, 1.82) is 0 Å². The van der Waals surface area contributed by atoms with Gasteiger partial charge in [0.1, 0.15) is 0 Å². The third-order valence-electron chi connectivity index (χ3n) is 3.77. The standard InChI is InChI=1S/C15H22N2O3S/c1-2-21(19,20)16-14-8-10-17(11-9-14)15(18)12-13-6-4-3-5-7-13/h3-7,14,16H,2,8-12H2,1H3. The van der Waals surface area contributed by atoms with Gasteiger partial charge in [0.25, 0.3) is 0 Å². The van der Waals surface area contributed by atoms with Crippen molar-refractivity contribution in [2.45, 2.75) is 32.2 Å². The van der Waals surface area contributed by atoms with E-state index in [-0.39, 0.29) is 17.7 Å². The lowest BCUT2D eigenvalue weighted by molar-refractivity contribution is -0.131. The monoisotopic (exact) mass is 310 g/mol. The molecule has 2 rings (SSSR count). The Bertz CT molecular complexity index is 564. The maximum absolute atomic E-state index is 12.2. The van der Waals surface area contributed by atoms with Crippen LogP contribution in [0, 0.1) is 0 Å². The zero-order valence-corrected chi connectivity index (χ0v) is 13.1. The Morgan fingerprint density at radius 3 is 2.43 bits per heavy atom. The summed E-state index contributed by atoms with van der Waals surface area (Å²) in [6.07, 6.45) is 1.77. The normalized spacial score (nSPS) is 16.9. The summed E-state index contributed by atoms with van der Waals surface area (Å²) >= 11 is 0. The summed E-state index contributed by atoms with van der Waals surface area (Å²) in [4.78, 5) is 14.0. The molecule has 0 aromatic heterocycles. The van der Waals surface area contributed by atoms with E-state index in [4.69, 9.17) is 0 Å². The zero-order valence-electron chi connectivity index (χ0n) is 12.3. The van der Waals surface area contributed by atoms with E-state index in [0.29, 0.717) is 32.4 Å². The second kappa shape index (κ2) is 7.04. The first-order chi connectivity index (χ1) is 10.00. The number of sulfonamides is 1. The minimum absolute atomic E-state index is 0.0456. The van der Waals surface area contributed by atoms with Crippen LogP contribution in [0.25, 0.3) is 0 Å². The van der Waals surface area contributed by atoms with Crippen LogP contribution in [0.5, 0.6) is 0 Å². The number of rotatable bonds is 5. The molecule has 5 nitrogen and oxygen atoms in total. The lowest BCUT2D eigenvalue weighted by atomic mass is 10.0. The van der Waals surface area contributed by atoms with Crippen molar-refractivity contribution in [1.82, 2.24) is 9.62 Å². The molecule has 0 atom stereocenters. The fourth-order valence-electron chi connectivity index (χ4n) is 2.47. The van der Waals surface area contributed by atoms with Gasteiger partial charge >= 0.3 is 0 Å². The molecular weight excluding hydrogens is 288 g/mol. The summed E-state index contributed by atoms with van der Waals surface area (Å²) in [6, 6.07) is 9.62. The Morgan fingerprint density at radius 1 is 1.24 bits per heavy atom. The Morgan fingerprint density at radius 2 is 1.86 bits per heavy atom. The van der Waals surface area contributed by atoms with Gasteiger partial charge in [-0.3, -0.25) is 4.79 Å². The van der Waals surface area contributed by atoms with E-state index in [2.05, 4.69) is 4.72 Å². The van der Waals surface area contributed by atoms with Crippen LogP contribution in [-0.2, 0) is 21.2 Å². The number of benzene rings is 1. The Hall–Kier alpha value is -1.40. The van der Waals surface area contributed by atoms with Crippen LogP contribution < -0.4 is 4.72 Å². The molecule has 1 heterocycles. The van der Waals surface area contributed by atoms with E-state index in [0.717, 1.165) is 5.56 Å². The molecule has 21 heavy (non-hydrogen) atoms. The minimum Gasteiger partial charge on any atom is -0.342 e. The third kappa shape index (κ3) is 4.82. The van der Waals surface area contributed by atoms with Crippen molar-refractivity contribution < 1.29 is 13.2 Å². The van der Waals surface area contributed by atoms with Gasteiger partial charge in [0.15, 0.2) is 0 Å². The van der Waals surface area contributed by atoms with Crippen molar-refractivity contribution in [2.24, 2.45) is 0 Å². The molecule has 0 radical (unpaired) electrons. The summed E-state index contributed by atoms with van der Waals surface area (Å²) in [6.45, 7) is 2.85. The highest BCUT2D eigenvalue weighted by Gasteiger charge is 2.25. The van der Waals surface area contributed by atoms with E-state index in [1.54, 1.807) is 6.92 Å². The van der Waals surface area contributed by atoms with Crippen molar-refractivity contribution in [2.75, 3.05) is 18.8 Å². The van der Waals surface area contributed by atoms with Gasteiger partial charge in [0.2, 0.25) is 15.9 Å². The van der Waals surface area contributed by atoms with E-state index in [1.807, 2.05) is 35.2 Å². The fourth-order valence-corrected chi connectivity index (χ4v) is 3.38. The summed E-state index contributed by atoms with van der Waals surface area (Å²) in [5, 5.41) is 0.